The molecule has 1 aromatic heterocycles. The van der Waals surface area contributed by atoms with Crippen molar-refractivity contribution in [3.05, 3.63) is 15.0 Å². The van der Waals surface area contributed by atoms with Crippen LogP contribution < -0.4 is 0 Å². The average Bonchev–Trinajstić information content (AvgIpc) is 2.11. The molecule has 0 N–H and O–H groups in total. The molecule has 10 heavy (non-hydrogen) atoms. The quantitative estimate of drug-likeness (QED) is 0.738. The van der Waals surface area contributed by atoms with Gasteiger partial charge in [-0.25, -0.2) is 8.42 Å². The molecule has 2 nitrogen and oxygen atoms in total. The molecular formula is C5H5IO2S2. The van der Waals surface area contributed by atoms with Gasteiger partial charge in [0.1, 0.15) is 4.21 Å². The van der Waals surface area contributed by atoms with E-state index in [1.807, 2.05) is 0 Å². The highest BCUT2D eigenvalue weighted by Gasteiger charge is 2.08. The van der Waals surface area contributed by atoms with Crippen LogP contribution in [0.25, 0.3) is 0 Å². The molecule has 56 valence electrons. The first-order chi connectivity index (χ1) is 4.50. The predicted octanol–water partition coefficient (Wildman–Crippen LogP) is 1.76. The van der Waals surface area contributed by atoms with E-state index in [9.17, 15) is 8.42 Å². The van der Waals surface area contributed by atoms with Crippen molar-refractivity contribution in [1.82, 2.24) is 0 Å². The van der Waals surface area contributed by atoms with E-state index < -0.39 is 9.84 Å². The third kappa shape index (κ3) is 1.93. The van der Waals surface area contributed by atoms with Crippen LogP contribution in [0.3, 0.4) is 0 Å². The number of rotatable bonds is 1. The van der Waals surface area contributed by atoms with Crippen molar-refractivity contribution in [2.45, 2.75) is 4.21 Å². The summed E-state index contributed by atoms with van der Waals surface area (Å²) in [6, 6.07) is 3.42. The maximum atomic E-state index is 10.9. The third-order valence-corrected chi connectivity index (χ3v) is 4.63. The monoisotopic (exact) mass is 288 g/mol. The largest absolute Gasteiger partial charge is 0.223 e. The molecule has 0 aliphatic rings. The van der Waals surface area contributed by atoms with E-state index >= 15 is 0 Å². The van der Waals surface area contributed by atoms with Crippen LogP contribution in [-0.4, -0.2) is 14.7 Å². The summed E-state index contributed by atoms with van der Waals surface area (Å²) in [4.78, 5) is 0. The van der Waals surface area contributed by atoms with E-state index in [0.717, 1.165) is 2.88 Å². The normalized spacial score (nSPS) is 11.8. The molecule has 0 saturated heterocycles. The second-order valence-electron chi connectivity index (χ2n) is 1.83. The molecule has 0 unspecified atom stereocenters. The second kappa shape index (κ2) is 2.78. The Balaban J connectivity index is 3.21. The summed E-state index contributed by atoms with van der Waals surface area (Å²) >= 11 is 3.39. The maximum Gasteiger partial charge on any atom is 0.184 e. The molecule has 1 aromatic rings. The molecular weight excluding hydrogens is 283 g/mol. The number of halogens is 1. The minimum absolute atomic E-state index is 0.442. The number of thiophene rings is 1. The second-order valence-corrected chi connectivity index (χ2v) is 7.05. The first-order valence-electron chi connectivity index (χ1n) is 2.45. The number of hydrogen-bond donors (Lipinski definition) is 0. The van der Waals surface area contributed by atoms with Gasteiger partial charge in [0.25, 0.3) is 0 Å². The summed E-state index contributed by atoms with van der Waals surface area (Å²) in [6.45, 7) is 0. The van der Waals surface area contributed by atoms with Gasteiger partial charge < -0.3 is 0 Å². The lowest BCUT2D eigenvalue weighted by molar-refractivity contribution is 0.604. The van der Waals surface area contributed by atoms with Crippen LogP contribution in [0.1, 0.15) is 0 Å². The molecule has 0 spiro atoms. The molecule has 0 atom stereocenters. The SMILES string of the molecule is CS(=O)(=O)c1ccc(I)s1. The van der Waals surface area contributed by atoms with E-state index in [-0.39, 0.29) is 0 Å². The van der Waals surface area contributed by atoms with Gasteiger partial charge in [-0.3, -0.25) is 0 Å². The van der Waals surface area contributed by atoms with Crippen LogP contribution in [0.15, 0.2) is 16.3 Å². The lowest BCUT2D eigenvalue weighted by Crippen LogP contribution is -1.91. The highest BCUT2D eigenvalue weighted by atomic mass is 127. The topological polar surface area (TPSA) is 34.1 Å². The Bertz CT molecular complexity index is 325. The zero-order valence-electron chi connectivity index (χ0n) is 5.17. The van der Waals surface area contributed by atoms with Gasteiger partial charge in [-0.05, 0) is 34.7 Å². The van der Waals surface area contributed by atoms with Crippen LogP contribution in [0.2, 0.25) is 0 Å². The molecule has 1 heterocycles. The Hall–Kier alpha value is 0.380. The fourth-order valence-corrected chi connectivity index (χ4v) is 3.49. The van der Waals surface area contributed by atoms with Crippen LogP contribution in [0.4, 0.5) is 0 Å². The minimum Gasteiger partial charge on any atom is -0.223 e. The standard InChI is InChI=1S/C5H5IO2S2/c1-10(7,8)5-3-2-4(6)9-5/h2-3H,1H3. The lowest BCUT2D eigenvalue weighted by atomic mass is 10.7. The Morgan fingerprint density at radius 2 is 2.10 bits per heavy atom. The minimum atomic E-state index is -2.97. The van der Waals surface area contributed by atoms with Gasteiger partial charge in [-0.1, -0.05) is 0 Å². The fraction of sp³-hybridized carbons (Fsp3) is 0.200. The van der Waals surface area contributed by atoms with Crippen molar-refractivity contribution in [2.75, 3.05) is 6.26 Å². The van der Waals surface area contributed by atoms with Gasteiger partial charge in [-0.15, -0.1) is 11.3 Å². The first kappa shape index (κ1) is 8.48. The average molecular weight is 288 g/mol. The Labute approximate surface area is 77.3 Å². The van der Waals surface area contributed by atoms with E-state index in [0.29, 0.717) is 4.21 Å². The summed E-state index contributed by atoms with van der Waals surface area (Å²) < 4.78 is 23.1. The smallest absolute Gasteiger partial charge is 0.184 e. The van der Waals surface area contributed by atoms with Gasteiger partial charge in [0, 0.05) is 6.26 Å². The highest BCUT2D eigenvalue weighted by molar-refractivity contribution is 14.1. The van der Waals surface area contributed by atoms with Gasteiger partial charge in [0.05, 0.1) is 2.88 Å². The van der Waals surface area contributed by atoms with Gasteiger partial charge in [0.2, 0.25) is 0 Å². The molecule has 0 aliphatic carbocycles. The molecule has 0 aliphatic heterocycles. The number of hydrogen-bond acceptors (Lipinski definition) is 3. The summed E-state index contributed by atoms with van der Waals surface area (Å²) in [7, 11) is -2.97. The van der Waals surface area contributed by atoms with Crippen molar-refractivity contribution in [3.63, 3.8) is 0 Å². The van der Waals surface area contributed by atoms with Gasteiger partial charge in [0.15, 0.2) is 9.84 Å². The molecule has 0 fully saturated rings. The lowest BCUT2D eigenvalue weighted by Gasteiger charge is -1.86. The Kier molecular flexibility index (Phi) is 2.36. The van der Waals surface area contributed by atoms with Crippen LogP contribution >= 0.6 is 33.9 Å². The summed E-state index contributed by atoms with van der Waals surface area (Å²) in [5, 5.41) is 0. The van der Waals surface area contributed by atoms with E-state index in [2.05, 4.69) is 22.6 Å². The molecule has 0 saturated carbocycles. The molecule has 0 amide bonds. The van der Waals surface area contributed by atoms with Crippen molar-refractivity contribution in [3.8, 4) is 0 Å². The Morgan fingerprint density at radius 1 is 1.50 bits per heavy atom. The zero-order chi connectivity index (χ0) is 7.78. The summed E-state index contributed by atoms with van der Waals surface area (Å²) in [5.41, 5.74) is 0. The van der Waals surface area contributed by atoms with E-state index in [1.54, 1.807) is 12.1 Å². The molecule has 1 rings (SSSR count). The van der Waals surface area contributed by atoms with Crippen LogP contribution in [0, 0.1) is 2.88 Å². The highest BCUT2D eigenvalue weighted by Crippen LogP contribution is 2.22. The van der Waals surface area contributed by atoms with Crippen molar-refractivity contribution in [1.29, 1.82) is 0 Å². The molecule has 0 bridgehead atoms. The maximum absolute atomic E-state index is 10.9. The van der Waals surface area contributed by atoms with Crippen molar-refractivity contribution in [2.24, 2.45) is 0 Å². The Morgan fingerprint density at radius 3 is 2.30 bits per heavy atom. The summed E-state index contributed by atoms with van der Waals surface area (Å²) in [5.74, 6) is 0. The van der Waals surface area contributed by atoms with E-state index in [4.69, 9.17) is 0 Å². The van der Waals surface area contributed by atoms with Crippen molar-refractivity contribution >= 4 is 43.8 Å². The van der Waals surface area contributed by atoms with Crippen molar-refractivity contribution < 1.29 is 8.42 Å². The first-order valence-corrected chi connectivity index (χ1v) is 6.24. The van der Waals surface area contributed by atoms with E-state index in [1.165, 1.54) is 17.6 Å². The molecule has 0 aromatic carbocycles. The van der Waals surface area contributed by atoms with Crippen LogP contribution in [0.5, 0.6) is 0 Å². The molecule has 5 heteroatoms. The summed E-state index contributed by atoms with van der Waals surface area (Å²) in [6.07, 6.45) is 1.22. The fourth-order valence-electron chi connectivity index (χ4n) is 0.497. The number of sulfone groups is 1. The zero-order valence-corrected chi connectivity index (χ0v) is 8.96. The van der Waals surface area contributed by atoms with Gasteiger partial charge in [-0.2, -0.15) is 0 Å². The van der Waals surface area contributed by atoms with Crippen LogP contribution in [-0.2, 0) is 9.84 Å². The third-order valence-electron chi connectivity index (χ3n) is 0.914. The predicted molar refractivity (Wildman–Crippen MR) is 50.1 cm³/mol. The van der Waals surface area contributed by atoms with Gasteiger partial charge >= 0.3 is 0 Å². The molecule has 0 radical (unpaired) electrons.